The van der Waals surface area contributed by atoms with E-state index >= 15 is 0 Å². The van der Waals surface area contributed by atoms with Gasteiger partial charge in [0.25, 0.3) is 0 Å². The van der Waals surface area contributed by atoms with E-state index in [4.69, 9.17) is 23.2 Å². The molecule has 0 saturated carbocycles. The second kappa shape index (κ2) is 9.76. The van der Waals surface area contributed by atoms with E-state index in [0.29, 0.717) is 41.5 Å². The lowest BCUT2D eigenvalue weighted by atomic mass is 9.95. The highest BCUT2D eigenvalue weighted by Crippen LogP contribution is 2.26. The predicted molar refractivity (Wildman–Crippen MR) is 104 cm³/mol. The van der Waals surface area contributed by atoms with Gasteiger partial charge in [-0.2, -0.15) is 0 Å². The van der Waals surface area contributed by atoms with Gasteiger partial charge in [0.05, 0.1) is 17.2 Å². The van der Waals surface area contributed by atoms with Crippen LogP contribution in [-0.2, 0) is 19.1 Å². The first-order valence-electron chi connectivity index (χ1n) is 8.62. The van der Waals surface area contributed by atoms with Crippen molar-refractivity contribution < 1.29 is 19.1 Å². The lowest BCUT2D eigenvalue weighted by Crippen LogP contribution is -2.46. The van der Waals surface area contributed by atoms with Crippen LogP contribution in [0.2, 0.25) is 10.0 Å². The van der Waals surface area contributed by atoms with Crippen molar-refractivity contribution in [3.63, 3.8) is 0 Å². The minimum Gasteiger partial charge on any atom is -0.467 e. The first-order chi connectivity index (χ1) is 12.8. The fourth-order valence-corrected chi connectivity index (χ4v) is 3.22. The summed E-state index contributed by atoms with van der Waals surface area (Å²) < 4.78 is 4.60. The summed E-state index contributed by atoms with van der Waals surface area (Å²) in [6.45, 7) is 2.52. The van der Waals surface area contributed by atoms with E-state index in [1.165, 1.54) is 13.2 Å². The van der Waals surface area contributed by atoms with E-state index in [-0.39, 0.29) is 17.7 Å². The molecule has 0 aliphatic carbocycles. The molecule has 146 valence electrons. The summed E-state index contributed by atoms with van der Waals surface area (Å²) in [5.74, 6) is -1.05. The van der Waals surface area contributed by atoms with Crippen LogP contribution in [-0.4, -0.2) is 48.9 Å². The molecule has 0 bridgehead atoms. The number of likely N-dealkylation sites (tertiary alicyclic amines) is 1. The number of carbonyl (C=O) groups excluding carboxylic acids is 3. The topological polar surface area (TPSA) is 75.7 Å². The molecule has 0 radical (unpaired) electrons. The van der Waals surface area contributed by atoms with Crippen molar-refractivity contribution in [1.82, 2.24) is 10.2 Å². The van der Waals surface area contributed by atoms with Crippen LogP contribution in [0.25, 0.3) is 6.08 Å². The number of hydrogen-bond acceptors (Lipinski definition) is 4. The number of nitrogens with zero attached hydrogens (tertiary/aromatic N) is 1. The number of halogens is 2. The minimum atomic E-state index is -0.687. The third kappa shape index (κ3) is 5.71. The van der Waals surface area contributed by atoms with E-state index < -0.39 is 12.0 Å². The summed E-state index contributed by atoms with van der Waals surface area (Å²) in [7, 11) is 1.28. The Morgan fingerprint density at radius 1 is 1.26 bits per heavy atom. The Balaban J connectivity index is 1.87. The highest BCUT2D eigenvalue weighted by molar-refractivity contribution is 6.42. The molecule has 1 aromatic rings. The minimum absolute atomic E-state index is 0.146. The summed E-state index contributed by atoms with van der Waals surface area (Å²) in [4.78, 5) is 37.6. The molecule has 2 amide bonds. The Labute approximate surface area is 168 Å². The van der Waals surface area contributed by atoms with Crippen molar-refractivity contribution in [3.05, 3.63) is 39.9 Å². The number of ether oxygens (including phenoxy) is 1. The lowest BCUT2D eigenvalue weighted by Gasteiger charge is -2.31. The van der Waals surface area contributed by atoms with Crippen LogP contribution >= 0.6 is 23.2 Å². The molecule has 1 atom stereocenters. The second-order valence-corrected chi connectivity index (χ2v) is 7.11. The number of piperidine rings is 1. The standard InChI is InChI=1S/C19H22Cl2N2O4/c1-12(19(26)27-2)22-18(25)14-8-10-23(11-9-14)16(24)7-6-13-4-3-5-15(20)17(13)21/h3-7,12,14H,8-11H2,1-2H3,(H,22,25)/b7-6+/t12-/m0/s1. The molecule has 6 nitrogen and oxygen atoms in total. The zero-order valence-electron chi connectivity index (χ0n) is 15.2. The fourth-order valence-electron chi connectivity index (χ4n) is 2.84. The van der Waals surface area contributed by atoms with Crippen molar-refractivity contribution >= 4 is 47.1 Å². The summed E-state index contributed by atoms with van der Waals surface area (Å²) in [6, 6.07) is 4.53. The van der Waals surface area contributed by atoms with Crippen LogP contribution in [0, 0.1) is 5.92 Å². The highest BCUT2D eigenvalue weighted by Gasteiger charge is 2.28. The van der Waals surface area contributed by atoms with Crippen molar-refractivity contribution in [2.75, 3.05) is 20.2 Å². The van der Waals surface area contributed by atoms with Crippen molar-refractivity contribution in [2.24, 2.45) is 5.92 Å². The van der Waals surface area contributed by atoms with E-state index in [0.717, 1.165) is 0 Å². The Bertz CT molecular complexity index is 743. The van der Waals surface area contributed by atoms with Gasteiger partial charge in [-0.3, -0.25) is 9.59 Å². The van der Waals surface area contributed by atoms with E-state index in [9.17, 15) is 14.4 Å². The van der Waals surface area contributed by atoms with Gasteiger partial charge in [-0.25, -0.2) is 4.79 Å². The number of benzene rings is 1. The van der Waals surface area contributed by atoms with Crippen molar-refractivity contribution in [1.29, 1.82) is 0 Å². The van der Waals surface area contributed by atoms with Gasteiger partial charge in [-0.05, 0) is 37.5 Å². The van der Waals surface area contributed by atoms with Crippen LogP contribution in [0.5, 0.6) is 0 Å². The monoisotopic (exact) mass is 412 g/mol. The molecule has 1 N–H and O–H groups in total. The summed E-state index contributed by atoms with van der Waals surface area (Å²) in [5.41, 5.74) is 0.670. The highest BCUT2D eigenvalue weighted by atomic mass is 35.5. The van der Waals surface area contributed by atoms with Gasteiger partial charge >= 0.3 is 5.97 Å². The second-order valence-electron chi connectivity index (χ2n) is 6.33. The number of methoxy groups -OCH3 is 1. The number of nitrogens with one attached hydrogen (secondary N) is 1. The molecule has 1 aliphatic heterocycles. The molecule has 1 heterocycles. The quantitative estimate of drug-likeness (QED) is 0.595. The van der Waals surface area contributed by atoms with Gasteiger partial charge < -0.3 is 15.0 Å². The maximum atomic E-state index is 12.4. The number of carbonyl (C=O) groups is 3. The zero-order valence-corrected chi connectivity index (χ0v) is 16.7. The van der Waals surface area contributed by atoms with Crippen LogP contribution in [0.15, 0.2) is 24.3 Å². The Kier molecular flexibility index (Phi) is 7.68. The first-order valence-corrected chi connectivity index (χ1v) is 9.38. The predicted octanol–water partition coefficient (Wildman–Crippen LogP) is 2.92. The van der Waals surface area contributed by atoms with Gasteiger partial charge in [0.15, 0.2) is 0 Å². The van der Waals surface area contributed by atoms with Gasteiger partial charge in [0.2, 0.25) is 11.8 Å². The van der Waals surface area contributed by atoms with Crippen molar-refractivity contribution in [3.8, 4) is 0 Å². The number of rotatable bonds is 5. The molecule has 27 heavy (non-hydrogen) atoms. The molecule has 2 rings (SSSR count). The van der Waals surface area contributed by atoms with Crippen LogP contribution < -0.4 is 5.32 Å². The maximum absolute atomic E-state index is 12.4. The Morgan fingerprint density at radius 3 is 2.56 bits per heavy atom. The van der Waals surface area contributed by atoms with Crippen molar-refractivity contribution in [2.45, 2.75) is 25.8 Å². The molecule has 1 aliphatic rings. The average molecular weight is 413 g/mol. The van der Waals surface area contributed by atoms with Crippen LogP contribution in [0.4, 0.5) is 0 Å². The molecule has 0 aromatic heterocycles. The van der Waals surface area contributed by atoms with Crippen LogP contribution in [0.3, 0.4) is 0 Å². The largest absolute Gasteiger partial charge is 0.467 e. The molecule has 1 fully saturated rings. The van der Waals surface area contributed by atoms with E-state index in [2.05, 4.69) is 10.1 Å². The van der Waals surface area contributed by atoms with Crippen LogP contribution in [0.1, 0.15) is 25.3 Å². The van der Waals surface area contributed by atoms with Gasteiger partial charge in [-0.15, -0.1) is 0 Å². The molecule has 0 spiro atoms. The van der Waals surface area contributed by atoms with E-state index in [1.807, 2.05) is 0 Å². The maximum Gasteiger partial charge on any atom is 0.328 e. The third-order valence-corrected chi connectivity index (χ3v) is 5.31. The summed E-state index contributed by atoms with van der Waals surface area (Å²) in [5, 5.41) is 3.48. The SMILES string of the molecule is COC(=O)[C@H](C)NC(=O)C1CCN(C(=O)/C=C/c2cccc(Cl)c2Cl)CC1. The Morgan fingerprint density at radius 2 is 1.93 bits per heavy atom. The Hall–Kier alpha value is -2.05. The molecule has 1 saturated heterocycles. The van der Waals surface area contributed by atoms with E-state index in [1.54, 1.807) is 36.1 Å². The molecular weight excluding hydrogens is 391 g/mol. The average Bonchev–Trinajstić information content (AvgIpc) is 2.68. The summed E-state index contributed by atoms with van der Waals surface area (Å²) >= 11 is 12.1. The van der Waals surface area contributed by atoms with Gasteiger partial charge in [0, 0.05) is 25.1 Å². The van der Waals surface area contributed by atoms with Gasteiger partial charge in [-0.1, -0.05) is 35.3 Å². The number of esters is 1. The lowest BCUT2D eigenvalue weighted by molar-refractivity contribution is -0.145. The third-order valence-electron chi connectivity index (χ3n) is 4.48. The number of amides is 2. The number of hydrogen-bond donors (Lipinski definition) is 1. The first kappa shape index (κ1) is 21.3. The molecule has 0 unspecified atom stereocenters. The summed E-state index contributed by atoms with van der Waals surface area (Å²) in [6.07, 6.45) is 4.17. The smallest absolute Gasteiger partial charge is 0.328 e. The molecule has 1 aromatic carbocycles. The fraction of sp³-hybridized carbons (Fsp3) is 0.421. The molecular formula is C19H22Cl2N2O4. The molecule has 8 heteroatoms. The normalized spacial score (nSPS) is 16.2. The zero-order chi connectivity index (χ0) is 20.0. The van der Waals surface area contributed by atoms with Gasteiger partial charge in [0.1, 0.15) is 6.04 Å².